The van der Waals surface area contributed by atoms with Gasteiger partial charge in [-0.15, -0.1) is 0 Å². The molecule has 1 heterocycles. The molecule has 1 aromatic carbocycles. The molecule has 114 valence electrons. The number of nitrogens with zero attached hydrogens (tertiary/aromatic N) is 1. The highest BCUT2D eigenvalue weighted by Crippen LogP contribution is 2.27. The molecular formula is C15H21N3O3. The summed E-state index contributed by atoms with van der Waals surface area (Å²) in [6.45, 7) is 4.78. The number of carbonyl (C=O) groups is 2. The fraction of sp³-hybridized carbons (Fsp3) is 0.467. The summed E-state index contributed by atoms with van der Waals surface area (Å²) in [6.07, 6.45) is -0.598. The molecule has 6 heteroatoms. The van der Waals surface area contributed by atoms with Gasteiger partial charge >= 0.3 is 6.03 Å². The van der Waals surface area contributed by atoms with Gasteiger partial charge in [-0.05, 0) is 12.0 Å². The minimum atomic E-state index is -0.598. The minimum absolute atomic E-state index is 0.0231. The molecule has 1 aromatic rings. The highest BCUT2D eigenvalue weighted by molar-refractivity contribution is 5.97. The molecule has 0 aliphatic carbocycles. The Bertz CT molecular complexity index is 531. The summed E-state index contributed by atoms with van der Waals surface area (Å²) >= 11 is 0. The van der Waals surface area contributed by atoms with Crippen molar-refractivity contribution < 1.29 is 14.7 Å². The summed E-state index contributed by atoms with van der Waals surface area (Å²) in [4.78, 5) is 24.6. The number of benzene rings is 1. The van der Waals surface area contributed by atoms with Gasteiger partial charge in [-0.25, -0.2) is 4.79 Å². The third-order valence-corrected chi connectivity index (χ3v) is 3.50. The van der Waals surface area contributed by atoms with E-state index in [1.54, 1.807) is 0 Å². The van der Waals surface area contributed by atoms with E-state index >= 15 is 0 Å². The van der Waals surface area contributed by atoms with E-state index in [1.807, 2.05) is 38.1 Å². The van der Waals surface area contributed by atoms with E-state index in [4.69, 9.17) is 0 Å². The summed E-state index contributed by atoms with van der Waals surface area (Å²) in [6, 6.07) is 6.99. The van der Waals surface area contributed by atoms with E-state index in [-0.39, 0.29) is 24.4 Å². The maximum absolute atomic E-state index is 12.0. The molecule has 0 unspecified atom stereocenters. The number of carbonyl (C=O) groups excluding carboxylic acids is 2. The molecule has 1 fully saturated rings. The first kappa shape index (κ1) is 15.3. The molecule has 0 saturated carbocycles. The third-order valence-electron chi connectivity index (χ3n) is 3.50. The predicted octanol–water partition coefficient (Wildman–Crippen LogP) is 1.34. The summed E-state index contributed by atoms with van der Waals surface area (Å²) in [7, 11) is 0. The molecule has 1 saturated heterocycles. The lowest BCUT2D eigenvalue weighted by Crippen LogP contribution is -2.38. The van der Waals surface area contributed by atoms with Crippen molar-refractivity contribution >= 4 is 17.6 Å². The molecule has 3 N–H and O–H groups in total. The normalized spacial score (nSPS) is 16.0. The lowest BCUT2D eigenvalue weighted by molar-refractivity contribution is -0.125. The lowest BCUT2D eigenvalue weighted by Gasteiger charge is -2.20. The molecule has 3 amide bonds. The number of amides is 3. The SMILES string of the molecule is CC(C)[C@@H](O)c1ccccc1NCC(=O)N1CCNC1=O. The Morgan fingerprint density at radius 2 is 2.14 bits per heavy atom. The smallest absolute Gasteiger partial charge is 0.324 e. The summed E-state index contributed by atoms with van der Waals surface area (Å²) in [5, 5.41) is 15.8. The number of hydrogen-bond acceptors (Lipinski definition) is 4. The zero-order valence-electron chi connectivity index (χ0n) is 12.3. The van der Waals surface area contributed by atoms with Crippen molar-refractivity contribution in [1.29, 1.82) is 0 Å². The van der Waals surface area contributed by atoms with Crippen LogP contribution in [0.3, 0.4) is 0 Å². The molecule has 0 radical (unpaired) electrons. The maximum atomic E-state index is 12.0. The quantitative estimate of drug-likeness (QED) is 0.764. The van der Waals surface area contributed by atoms with Crippen molar-refractivity contribution in [3.8, 4) is 0 Å². The van der Waals surface area contributed by atoms with Gasteiger partial charge in [-0.2, -0.15) is 0 Å². The van der Waals surface area contributed by atoms with Crippen molar-refractivity contribution in [1.82, 2.24) is 10.2 Å². The number of hydrogen-bond donors (Lipinski definition) is 3. The molecule has 21 heavy (non-hydrogen) atoms. The Morgan fingerprint density at radius 1 is 1.43 bits per heavy atom. The molecule has 1 atom stereocenters. The van der Waals surface area contributed by atoms with Crippen LogP contribution in [0.2, 0.25) is 0 Å². The van der Waals surface area contributed by atoms with Crippen molar-refractivity contribution in [3.63, 3.8) is 0 Å². The van der Waals surface area contributed by atoms with Crippen molar-refractivity contribution in [2.75, 3.05) is 25.0 Å². The van der Waals surface area contributed by atoms with Gasteiger partial charge in [0.05, 0.1) is 12.6 Å². The van der Waals surface area contributed by atoms with Gasteiger partial charge in [-0.1, -0.05) is 32.0 Å². The largest absolute Gasteiger partial charge is 0.388 e. The van der Waals surface area contributed by atoms with E-state index in [1.165, 1.54) is 4.90 Å². The molecule has 1 aliphatic rings. The van der Waals surface area contributed by atoms with Crippen LogP contribution in [0.4, 0.5) is 10.5 Å². The first-order chi connectivity index (χ1) is 10.0. The molecule has 0 spiro atoms. The molecule has 1 aliphatic heterocycles. The lowest BCUT2D eigenvalue weighted by atomic mass is 9.97. The third kappa shape index (κ3) is 3.52. The predicted molar refractivity (Wildman–Crippen MR) is 79.8 cm³/mol. The van der Waals surface area contributed by atoms with E-state index in [0.29, 0.717) is 18.8 Å². The van der Waals surface area contributed by atoms with E-state index < -0.39 is 6.10 Å². The number of aliphatic hydroxyl groups is 1. The number of anilines is 1. The average Bonchev–Trinajstić information content (AvgIpc) is 2.90. The highest BCUT2D eigenvalue weighted by atomic mass is 16.3. The Morgan fingerprint density at radius 3 is 2.76 bits per heavy atom. The van der Waals surface area contributed by atoms with E-state index in [0.717, 1.165) is 5.56 Å². The Kier molecular flexibility index (Phi) is 4.80. The second kappa shape index (κ2) is 6.58. The van der Waals surface area contributed by atoms with Crippen LogP contribution < -0.4 is 10.6 Å². The van der Waals surface area contributed by atoms with Crippen molar-refractivity contribution in [2.24, 2.45) is 5.92 Å². The minimum Gasteiger partial charge on any atom is -0.388 e. The summed E-state index contributed by atoms with van der Waals surface area (Å²) in [5.41, 5.74) is 1.47. The van der Waals surface area contributed by atoms with Crippen LogP contribution in [-0.2, 0) is 4.79 Å². The number of nitrogens with one attached hydrogen (secondary N) is 2. The van der Waals surface area contributed by atoms with Gasteiger partial charge in [0, 0.05) is 24.3 Å². The van der Waals surface area contributed by atoms with Crippen molar-refractivity contribution in [2.45, 2.75) is 20.0 Å². The Labute approximate surface area is 124 Å². The highest BCUT2D eigenvalue weighted by Gasteiger charge is 2.26. The Balaban J connectivity index is 2.03. The molecule has 2 rings (SSSR count). The van der Waals surface area contributed by atoms with Crippen LogP contribution in [-0.4, -0.2) is 41.6 Å². The van der Waals surface area contributed by atoms with Gasteiger partial charge in [0.2, 0.25) is 5.91 Å². The molecule has 6 nitrogen and oxygen atoms in total. The Hall–Kier alpha value is -2.08. The summed E-state index contributed by atoms with van der Waals surface area (Å²) < 4.78 is 0. The number of imide groups is 1. The number of para-hydroxylation sites is 1. The van der Waals surface area contributed by atoms with Gasteiger partial charge < -0.3 is 15.7 Å². The van der Waals surface area contributed by atoms with E-state index in [2.05, 4.69) is 10.6 Å². The van der Waals surface area contributed by atoms with Crippen molar-refractivity contribution in [3.05, 3.63) is 29.8 Å². The zero-order valence-corrected chi connectivity index (χ0v) is 12.3. The standard InChI is InChI=1S/C15H21N3O3/c1-10(2)14(20)11-5-3-4-6-12(11)17-9-13(19)18-8-7-16-15(18)21/h3-6,10,14,17,20H,7-9H2,1-2H3,(H,16,21)/t14-/m1/s1. The summed E-state index contributed by atoms with van der Waals surface area (Å²) in [5.74, 6) is -0.202. The number of rotatable bonds is 5. The van der Waals surface area contributed by atoms with Crippen LogP contribution in [0.5, 0.6) is 0 Å². The first-order valence-electron chi connectivity index (χ1n) is 7.09. The number of urea groups is 1. The molecule has 0 bridgehead atoms. The molecular weight excluding hydrogens is 270 g/mol. The van der Waals surface area contributed by atoms with Crippen LogP contribution in [0.15, 0.2) is 24.3 Å². The van der Waals surface area contributed by atoms with Crippen LogP contribution in [0.1, 0.15) is 25.5 Å². The van der Waals surface area contributed by atoms with Gasteiger partial charge in [0.1, 0.15) is 0 Å². The average molecular weight is 291 g/mol. The second-order valence-electron chi connectivity index (χ2n) is 5.41. The van der Waals surface area contributed by atoms with Crippen LogP contribution >= 0.6 is 0 Å². The fourth-order valence-electron chi connectivity index (χ4n) is 2.25. The second-order valence-corrected chi connectivity index (χ2v) is 5.41. The maximum Gasteiger partial charge on any atom is 0.324 e. The van der Waals surface area contributed by atoms with Crippen LogP contribution in [0, 0.1) is 5.92 Å². The van der Waals surface area contributed by atoms with Crippen LogP contribution in [0.25, 0.3) is 0 Å². The zero-order chi connectivity index (χ0) is 15.4. The van der Waals surface area contributed by atoms with Gasteiger partial charge in [-0.3, -0.25) is 9.69 Å². The van der Waals surface area contributed by atoms with Gasteiger partial charge in [0.25, 0.3) is 0 Å². The molecule has 0 aromatic heterocycles. The number of aliphatic hydroxyl groups excluding tert-OH is 1. The van der Waals surface area contributed by atoms with E-state index in [9.17, 15) is 14.7 Å². The van der Waals surface area contributed by atoms with Gasteiger partial charge in [0.15, 0.2) is 0 Å². The fourth-order valence-corrected chi connectivity index (χ4v) is 2.25. The monoisotopic (exact) mass is 291 g/mol. The topological polar surface area (TPSA) is 81.7 Å². The first-order valence-corrected chi connectivity index (χ1v) is 7.09.